The van der Waals surface area contributed by atoms with E-state index in [1.807, 2.05) is 0 Å². The molecule has 0 aliphatic carbocycles. The van der Waals surface area contributed by atoms with Crippen LogP contribution in [0.2, 0.25) is 0 Å². The second-order valence-corrected chi connectivity index (χ2v) is 1.62. The van der Waals surface area contributed by atoms with Crippen molar-refractivity contribution in [2.75, 3.05) is 0 Å². The van der Waals surface area contributed by atoms with Crippen molar-refractivity contribution in [2.45, 2.75) is 0 Å². The highest BCUT2D eigenvalue weighted by Crippen LogP contribution is 2.07. The van der Waals surface area contributed by atoms with Gasteiger partial charge in [-0.2, -0.15) is 5.26 Å². The molecule has 0 bridgehead atoms. The van der Waals surface area contributed by atoms with Crippen molar-refractivity contribution < 1.29 is 14.3 Å². The van der Waals surface area contributed by atoms with Gasteiger partial charge in [0, 0.05) is 0 Å². The molecule has 0 atom stereocenters. The zero-order chi connectivity index (χ0) is 7.56. The van der Waals surface area contributed by atoms with Crippen molar-refractivity contribution in [3.05, 3.63) is 23.7 Å². The fourth-order valence-electron chi connectivity index (χ4n) is 0.549. The Hall–Kier alpha value is -1.76. The monoisotopic (exact) mass is 137 g/mol. The van der Waals surface area contributed by atoms with Gasteiger partial charge in [0.2, 0.25) is 0 Å². The smallest absolute Gasteiger partial charge is 0.340 e. The first-order valence-electron chi connectivity index (χ1n) is 2.45. The molecule has 0 aromatic carbocycles. The van der Waals surface area contributed by atoms with Crippen molar-refractivity contribution in [1.82, 2.24) is 0 Å². The van der Waals surface area contributed by atoms with Gasteiger partial charge in [0.05, 0.1) is 0 Å². The standard InChI is InChI=1S/C6H3NO3/c7-1-4-2-10-3-5(4)6(8)9/h2-3H,(H,8,9). The van der Waals surface area contributed by atoms with E-state index < -0.39 is 5.97 Å². The first kappa shape index (κ1) is 6.36. The van der Waals surface area contributed by atoms with E-state index in [4.69, 9.17) is 10.4 Å². The van der Waals surface area contributed by atoms with Gasteiger partial charge in [-0.15, -0.1) is 0 Å². The molecule has 1 rings (SSSR count). The van der Waals surface area contributed by atoms with Crippen LogP contribution in [-0.4, -0.2) is 11.1 Å². The van der Waals surface area contributed by atoms with Crippen LogP contribution in [0.25, 0.3) is 0 Å². The molecule has 0 aliphatic rings. The first-order valence-corrected chi connectivity index (χ1v) is 2.45. The number of hydrogen-bond donors (Lipinski definition) is 1. The highest BCUT2D eigenvalue weighted by Gasteiger charge is 2.10. The summed E-state index contributed by atoms with van der Waals surface area (Å²) in [6.07, 6.45) is 2.13. The maximum atomic E-state index is 10.2. The molecule has 1 N–H and O–H groups in total. The van der Waals surface area contributed by atoms with Crippen LogP contribution in [0.4, 0.5) is 0 Å². The average molecular weight is 137 g/mol. The van der Waals surface area contributed by atoms with Crippen LogP contribution in [-0.2, 0) is 0 Å². The van der Waals surface area contributed by atoms with Crippen molar-refractivity contribution >= 4 is 5.97 Å². The lowest BCUT2D eigenvalue weighted by atomic mass is 10.2. The zero-order valence-corrected chi connectivity index (χ0v) is 4.87. The Balaban J connectivity index is 3.17. The Kier molecular flexibility index (Phi) is 1.42. The predicted molar refractivity (Wildman–Crippen MR) is 30.4 cm³/mol. The Labute approximate surface area is 56.3 Å². The molecule has 1 aromatic rings. The number of nitrogens with zero attached hydrogens (tertiary/aromatic N) is 1. The summed E-state index contributed by atoms with van der Waals surface area (Å²) in [6, 6.07) is 1.68. The van der Waals surface area contributed by atoms with E-state index in [1.165, 1.54) is 0 Å². The second kappa shape index (κ2) is 2.23. The number of aromatic carboxylic acids is 1. The van der Waals surface area contributed by atoms with Gasteiger partial charge in [0.25, 0.3) is 0 Å². The van der Waals surface area contributed by atoms with E-state index in [9.17, 15) is 4.79 Å². The number of rotatable bonds is 1. The molecule has 0 amide bonds. The van der Waals surface area contributed by atoms with E-state index in [2.05, 4.69) is 4.42 Å². The lowest BCUT2D eigenvalue weighted by molar-refractivity contribution is 0.0696. The summed E-state index contributed by atoms with van der Waals surface area (Å²) in [5.41, 5.74) is -0.0463. The Bertz CT molecular complexity index is 294. The molecule has 0 spiro atoms. The molecule has 10 heavy (non-hydrogen) atoms. The van der Waals surface area contributed by atoms with Crippen LogP contribution >= 0.6 is 0 Å². The molecule has 0 saturated heterocycles. The number of carboxylic acids is 1. The normalized spacial score (nSPS) is 8.70. The van der Waals surface area contributed by atoms with Crippen molar-refractivity contribution in [3.8, 4) is 6.07 Å². The van der Waals surface area contributed by atoms with E-state index in [1.54, 1.807) is 6.07 Å². The Morgan fingerprint density at radius 2 is 2.40 bits per heavy atom. The third-order valence-corrected chi connectivity index (χ3v) is 1.01. The number of carbonyl (C=O) groups is 1. The molecule has 0 fully saturated rings. The van der Waals surface area contributed by atoms with E-state index >= 15 is 0 Å². The third kappa shape index (κ3) is 0.845. The predicted octanol–water partition coefficient (Wildman–Crippen LogP) is 0.849. The van der Waals surface area contributed by atoms with Gasteiger partial charge in [-0.3, -0.25) is 0 Å². The molecule has 1 heterocycles. The molecule has 50 valence electrons. The number of furan rings is 1. The van der Waals surface area contributed by atoms with Crippen molar-refractivity contribution in [1.29, 1.82) is 5.26 Å². The molecule has 4 nitrogen and oxygen atoms in total. The fraction of sp³-hybridized carbons (Fsp3) is 0. The van der Waals surface area contributed by atoms with Gasteiger partial charge in [-0.05, 0) is 0 Å². The number of carboxylic acid groups (broad SMARTS) is 1. The van der Waals surface area contributed by atoms with E-state index in [0.29, 0.717) is 0 Å². The zero-order valence-electron chi connectivity index (χ0n) is 4.87. The first-order chi connectivity index (χ1) is 4.75. The van der Waals surface area contributed by atoms with Crippen LogP contribution in [0.15, 0.2) is 16.9 Å². The molecule has 0 aliphatic heterocycles. The largest absolute Gasteiger partial charge is 0.478 e. The van der Waals surface area contributed by atoms with Crippen LogP contribution in [0.3, 0.4) is 0 Å². The van der Waals surface area contributed by atoms with E-state index in [-0.39, 0.29) is 11.1 Å². The lowest BCUT2D eigenvalue weighted by Gasteiger charge is -1.82. The molecule has 0 unspecified atom stereocenters. The van der Waals surface area contributed by atoms with Crippen molar-refractivity contribution in [3.63, 3.8) is 0 Å². The third-order valence-electron chi connectivity index (χ3n) is 1.01. The maximum Gasteiger partial charge on any atom is 0.340 e. The summed E-state index contributed by atoms with van der Waals surface area (Å²) < 4.78 is 4.49. The number of nitriles is 1. The number of hydrogen-bond acceptors (Lipinski definition) is 3. The lowest BCUT2D eigenvalue weighted by Crippen LogP contribution is -1.95. The summed E-state index contributed by atoms with van der Waals surface area (Å²) in [7, 11) is 0. The van der Waals surface area contributed by atoms with Crippen LogP contribution in [0.5, 0.6) is 0 Å². The molecule has 4 heteroatoms. The Morgan fingerprint density at radius 3 is 2.80 bits per heavy atom. The van der Waals surface area contributed by atoms with Gasteiger partial charge < -0.3 is 9.52 Å². The summed E-state index contributed by atoms with van der Waals surface area (Å²) in [5.74, 6) is -1.15. The van der Waals surface area contributed by atoms with Gasteiger partial charge in [0.1, 0.15) is 29.7 Å². The van der Waals surface area contributed by atoms with E-state index in [0.717, 1.165) is 12.5 Å². The minimum Gasteiger partial charge on any atom is -0.478 e. The van der Waals surface area contributed by atoms with Crippen LogP contribution in [0, 0.1) is 11.3 Å². The SMILES string of the molecule is N#Cc1cocc1C(=O)O. The summed E-state index contributed by atoms with van der Waals surface area (Å²) >= 11 is 0. The molecular formula is C6H3NO3. The second-order valence-electron chi connectivity index (χ2n) is 1.62. The van der Waals surface area contributed by atoms with Crippen molar-refractivity contribution in [2.24, 2.45) is 0 Å². The maximum absolute atomic E-state index is 10.2. The quantitative estimate of drug-likeness (QED) is 0.622. The molecule has 0 radical (unpaired) electrons. The summed E-state index contributed by atoms with van der Waals surface area (Å²) in [6.45, 7) is 0. The van der Waals surface area contributed by atoms with Gasteiger partial charge in [-0.25, -0.2) is 4.79 Å². The molecule has 1 aromatic heterocycles. The van der Waals surface area contributed by atoms with Gasteiger partial charge in [-0.1, -0.05) is 0 Å². The minimum atomic E-state index is -1.15. The highest BCUT2D eigenvalue weighted by atomic mass is 16.4. The highest BCUT2D eigenvalue weighted by molar-refractivity contribution is 5.89. The van der Waals surface area contributed by atoms with Crippen LogP contribution < -0.4 is 0 Å². The van der Waals surface area contributed by atoms with Gasteiger partial charge >= 0.3 is 5.97 Å². The van der Waals surface area contributed by atoms with Gasteiger partial charge in [0.15, 0.2) is 0 Å². The summed E-state index contributed by atoms with van der Waals surface area (Å²) in [5, 5.41) is 16.7. The fourth-order valence-corrected chi connectivity index (χ4v) is 0.549. The topological polar surface area (TPSA) is 74.2 Å². The Morgan fingerprint density at radius 1 is 1.70 bits per heavy atom. The average Bonchev–Trinajstić information content (AvgIpc) is 2.33. The minimum absolute atomic E-state index is 0.0486. The van der Waals surface area contributed by atoms with Crippen LogP contribution in [0.1, 0.15) is 15.9 Å². The summed E-state index contributed by atoms with van der Waals surface area (Å²) in [4.78, 5) is 10.2. The molecule has 0 saturated carbocycles. The molecular weight excluding hydrogens is 134 g/mol.